The Labute approximate surface area is 243 Å². The van der Waals surface area contributed by atoms with Gasteiger partial charge in [-0.1, -0.05) is 77.8 Å². The maximum Gasteiger partial charge on any atom is 0.253 e. The van der Waals surface area contributed by atoms with E-state index in [4.69, 9.17) is 23.2 Å². The van der Waals surface area contributed by atoms with Crippen LogP contribution >= 0.6 is 35.6 Å². The lowest BCUT2D eigenvalue weighted by Crippen LogP contribution is -2.49. The number of nitrogens with zero attached hydrogens (tertiary/aromatic N) is 2. The number of carbonyl (C=O) groups excluding carboxylic acids is 1. The number of halogens is 3. The highest BCUT2D eigenvalue weighted by Gasteiger charge is 2.39. The summed E-state index contributed by atoms with van der Waals surface area (Å²) in [4.78, 5) is 18.1. The molecule has 0 N–H and O–H groups in total. The zero-order valence-electron chi connectivity index (χ0n) is 21.8. The van der Waals surface area contributed by atoms with Crippen LogP contribution in [-0.4, -0.2) is 48.4 Å². The number of hydrogen-bond acceptors (Lipinski definition) is 2. The molecule has 0 saturated carbocycles. The van der Waals surface area contributed by atoms with Gasteiger partial charge < -0.3 is 9.80 Å². The molecule has 5 rings (SSSR count). The summed E-state index contributed by atoms with van der Waals surface area (Å²) >= 11 is 12.8. The molecule has 202 valence electrons. The van der Waals surface area contributed by atoms with Gasteiger partial charge in [-0.15, -0.1) is 12.4 Å². The van der Waals surface area contributed by atoms with Crippen LogP contribution < -0.4 is 0 Å². The molecule has 2 aliphatic rings. The van der Waals surface area contributed by atoms with Crippen LogP contribution in [0.1, 0.15) is 65.9 Å². The molecular formula is C32H37Cl3N2O. The topological polar surface area (TPSA) is 23.6 Å². The molecule has 0 radical (unpaired) electrons. The molecule has 2 fully saturated rings. The number of piperidine rings is 2. The summed E-state index contributed by atoms with van der Waals surface area (Å²) in [7, 11) is 0. The summed E-state index contributed by atoms with van der Waals surface area (Å²) in [5.74, 6) is 0.795. The average Bonchev–Trinajstić information content (AvgIpc) is 2.95. The molecule has 3 nitrogen and oxygen atoms in total. The average molecular weight is 572 g/mol. The summed E-state index contributed by atoms with van der Waals surface area (Å²) in [5, 5.41) is 1.17. The summed E-state index contributed by atoms with van der Waals surface area (Å²) in [6, 6.07) is 26.7. The van der Waals surface area contributed by atoms with Gasteiger partial charge in [0.15, 0.2) is 0 Å². The van der Waals surface area contributed by atoms with E-state index in [1.54, 1.807) is 0 Å². The van der Waals surface area contributed by atoms with Gasteiger partial charge in [-0.3, -0.25) is 4.79 Å². The van der Waals surface area contributed by atoms with Crippen LogP contribution in [0.5, 0.6) is 0 Å². The molecule has 1 unspecified atom stereocenters. The van der Waals surface area contributed by atoms with Crippen molar-refractivity contribution in [2.24, 2.45) is 0 Å². The van der Waals surface area contributed by atoms with Crippen LogP contribution in [0.15, 0.2) is 78.9 Å². The molecule has 6 heteroatoms. The Hall–Kier alpha value is -2.04. The summed E-state index contributed by atoms with van der Waals surface area (Å²) in [6.07, 6.45) is 6.62. The number of hydrogen-bond donors (Lipinski definition) is 0. The fraction of sp³-hybridized carbons (Fsp3) is 0.406. The zero-order chi connectivity index (χ0) is 25.7. The van der Waals surface area contributed by atoms with Crippen molar-refractivity contribution in [2.45, 2.75) is 49.9 Å². The third kappa shape index (κ3) is 6.74. The van der Waals surface area contributed by atoms with Crippen molar-refractivity contribution in [3.05, 3.63) is 106 Å². The van der Waals surface area contributed by atoms with E-state index < -0.39 is 0 Å². The van der Waals surface area contributed by atoms with Gasteiger partial charge in [0, 0.05) is 24.1 Å². The third-order valence-corrected chi connectivity index (χ3v) is 9.14. The van der Waals surface area contributed by atoms with E-state index in [0.717, 1.165) is 64.0 Å². The lowest BCUT2D eigenvalue weighted by atomic mass is 9.71. The van der Waals surface area contributed by atoms with Crippen molar-refractivity contribution in [1.82, 2.24) is 9.80 Å². The largest absolute Gasteiger partial charge is 0.338 e. The lowest BCUT2D eigenvalue weighted by Gasteiger charge is -2.44. The Bertz CT molecular complexity index is 1180. The minimum Gasteiger partial charge on any atom is -0.338 e. The molecule has 0 aromatic heterocycles. The van der Waals surface area contributed by atoms with E-state index in [2.05, 4.69) is 41.3 Å². The van der Waals surface area contributed by atoms with Crippen molar-refractivity contribution < 1.29 is 4.79 Å². The molecule has 0 aliphatic carbocycles. The van der Waals surface area contributed by atoms with Crippen molar-refractivity contribution in [3.63, 3.8) is 0 Å². The molecule has 38 heavy (non-hydrogen) atoms. The summed E-state index contributed by atoms with van der Waals surface area (Å²) in [5.41, 5.74) is 3.33. The fourth-order valence-electron chi connectivity index (χ4n) is 6.33. The van der Waals surface area contributed by atoms with Crippen molar-refractivity contribution in [3.8, 4) is 0 Å². The first-order chi connectivity index (χ1) is 18.0. The maximum atomic E-state index is 13.4. The SMILES string of the molecule is Cl.O=C(c1ccccc1)N1CCCC(CCCN2CCC(c3ccccc3)CC2)(c2ccc(Cl)c(Cl)c2)C1. The highest BCUT2D eigenvalue weighted by molar-refractivity contribution is 6.42. The van der Waals surface area contributed by atoms with E-state index >= 15 is 0 Å². The van der Waals surface area contributed by atoms with E-state index in [1.807, 2.05) is 47.4 Å². The Kier molecular flexibility index (Phi) is 10.2. The highest BCUT2D eigenvalue weighted by Crippen LogP contribution is 2.41. The fourth-order valence-corrected chi connectivity index (χ4v) is 6.63. The molecule has 1 atom stereocenters. The van der Waals surface area contributed by atoms with Crippen molar-refractivity contribution in [2.75, 3.05) is 32.7 Å². The molecule has 2 aliphatic heterocycles. The Morgan fingerprint density at radius 2 is 1.55 bits per heavy atom. The quantitative estimate of drug-likeness (QED) is 0.285. The molecule has 0 bridgehead atoms. The van der Waals surface area contributed by atoms with E-state index in [0.29, 0.717) is 16.0 Å². The summed E-state index contributed by atoms with van der Waals surface area (Å²) < 4.78 is 0. The number of rotatable bonds is 7. The van der Waals surface area contributed by atoms with E-state index in [9.17, 15) is 4.79 Å². The zero-order valence-corrected chi connectivity index (χ0v) is 24.2. The molecule has 2 saturated heterocycles. The monoisotopic (exact) mass is 570 g/mol. The Balaban J connectivity index is 0.00000336. The number of carbonyl (C=O) groups is 1. The third-order valence-electron chi connectivity index (χ3n) is 8.41. The maximum absolute atomic E-state index is 13.4. The van der Waals surface area contributed by atoms with E-state index in [-0.39, 0.29) is 23.7 Å². The molecule has 2 heterocycles. The van der Waals surface area contributed by atoms with Crippen molar-refractivity contribution >= 4 is 41.5 Å². The number of benzene rings is 3. The van der Waals surface area contributed by atoms with Gasteiger partial charge in [0.1, 0.15) is 0 Å². The van der Waals surface area contributed by atoms with Crippen LogP contribution in [0.2, 0.25) is 10.0 Å². The van der Waals surface area contributed by atoms with Crippen LogP contribution in [0.25, 0.3) is 0 Å². The number of likely N-dealkylation sites (tertiary alicyclic amines) is 2. The number of amides is 1. The highest BCUT2D eigenvalue weighted by atomic mass is 35.5. The molecule has 1 amide bonds. The first-order valence-corrected chi connectivity index (χ1v) is 14.4. The van der Waals surface area contributed by atoms with Crippen LogP contribution in [0, 0.1) is 0 Å². The lowest BCUT2D eigenvalue weighted by molar-refractivity contribution is 0.0619. The van der Waals surface area contributed by atoms with Crippen LogP contribution in [-0.2, 0) is 5.41 Å². The van der Waals surface area contributed by atoms with Crippen molar-refractivity contribution in [1.29, 1.82) is 0 Å². The second kappa shape index (κ2) is 13.3. The molecule has 3 aromatic carbocycles. The smallest absolute Gasteiger partial charge is 0.253 e. The standard InChI is InChI=1S/C32H36Cl2N2O.ClH/c33-29-14-13-28(23-30(29)34)32(18-8-20-36(24-32)31(37)27-11-5-2-6-12-27)17-7-19-35-21-15-26(16-22-35)25-9-3-1-4-10-25;/h1-6,9-14,23,26H,7-8,15-22,24H2;1H. The second-order valence-corrected chi connectivity index (χ2v) is 11.6. The molecule has 0 spiro atoms. The van der Waals surface area contributed by atoms with Gasteiger partial charge in [-0.2, -0.15) is 0 Å². The van der Waals surface area contributed by atoms with E-state index in [1.165, 1.54) is 24.0 Å². The second-order valence-electron chi connectivity index (χ2n) is 10.7. The first kappa shape index (κ1) is 29.0. The van der Waals surface area contributed by atoms with Crippen LogP contribution in [0.3, 0.4) is 0 Å². The Morgan fingerprint density at radius 3 is 2.24 bits per heavy atom. The predicted octanol–water partition coefficient (Wildman–Crippen LogP) is 8.25. The summed E-state index contributed by atoms with van der Waals surface area (Å²) in [6.45, 7) is 4.91. The van der Waals surface area contributed by atoms with Gasteiger partial charge in [-0.05, 0) is 99.5 Å². The normalized spacial score (nSPS) is 20.6. The predicted molar refractivity (Wildman–Crippen MR) is 161 cm³/mol. The first-order valence-electron chi connectivity index (χ1n) is 13.6. The Morgan fingerprint density at radius 1 is 0.868 bits per heavy atom. The minimum atomic E-state index is -0.112. The van der Waals surface area contributed by atoms with Gasteiger partial charge in [0.05, 0.1) is 10.0 Å². The van der Waals surface area contributed by atoms with Gasteiger partial charge >= 0.3 is 0 Å². The van der Waals surface area contributed by atoms with Crippen LogP contribution in [0.4, 0.5) is 0 Å². The minimum absolute atomic E-state index is 0. The van der Waals surface area contributed by atoms with Gasteiger partial charge in [0.25, 0.3) is 5.91 Å². The molecular weight excluding hydrogens is 535 g/mol. The van der Waals surface area contributed by atoms with Gasteiger partial charge in [-0.25, -0.2) is 0 Å². The molecule has 3 aromatic rings. The van der Waals surface area contributed by atoms with Gasteiger partial charge in [0.2, 0.25) is 0 Å².